The van der Waals surface area contributed by atoms with Crippen LogP contribution in [0.4, 0.5) is 42.1 Å². The lowest BCUT2D eigenvalue weighted by atomic mass is 10.1. The maximum atomic E-state index is 14.5. The van der Waals surface area contributed by atoms with Gasteiger partial charge in [0, 0.05) is 32.4 Å². The molecule has 1 aromatic heterocycles. The smallest absolute Gasteiger partial charge is 0.422 e. The molecule has 2 heterocycles. The van der Waals surface area contributed by atoms with Crippen LogP contribution in [0, 0.1) is 17.7 Å². The Kier molecular flexibility index (Phi) is 9.73. The van der Waals surface area contributed by atoms with Gasteiger partial charge in [0.1, 0.15) is 11.6 Å². The largest absolute Gasteiger partial charge is 0.482 e. The zero-order valence-electron chi connectivity index (χ0n) is 22.2. The molecule has 14 heteroatoms. The fourth-order valence-electron chi connectivity index (χ4n) is 4.37. The number of hydrogen-bond acceptors (Lipinski definition) is 6. The topological polar surface area (TPSA) is 71.6 Å². The summed E-state index contributed by atoms with van der Waals surface area (Å²) in [5, 5.41) is 8.63. The summed E-state index contributed by atoms with van der Waals surface area (Å²) in [6, 6.07) is 6.81. The normalized spacial score (nSPS) is 14.3. The molecule has 0 unspecified atom stereocenters. The van der Waals surface area contributed by atoms with Gasteiger partial charge >= 0.3 is 12.4 Å². The van der Waals surface area contributed by atoms with Crippen molar-refractivity contribution >= 4 is 38.7 Å². The molecule has 1 amide bonds. The fraction of sp³-hybridized carbons (Fsp3) is 0.393. The number of fused-ring (bicyclic) bond motifs is 1. The van der Waals surface area contributed by atoms with Gasteiger partial charge < -0.3 is 25.4 Å². The number of halogens is 7. The first-order valence-electron chi connectivity index (χ1n) is 12.8. The zero-order chi connectivity index (χ0) is 30.5. The number of nitrogens with one attached hydrogen (secondary N) is 3. The summed E-state index contributed by atoms with van der Waals surface area (Å²) < 4.78 is 104. The first kappa shape index (κ1) is 31.2. The number of anilines is 2. The Bertz CT molecular complexity index is 1490. The van der Waals surface area contributed by atoms with Gasteiger partial charge in [-0.25, -0.2) is 4.39 Å². The molecule has 0 spiro atoms. The Morgan fingerprint density at radius 2 is 1.83 bits per heavy atom. The SMILES string of the molecule is CNC(=O)c1cc(OCC(F)(F)F)c(NCC#Cc2sc3c(NC4CCOCC4)cccc3c2CC(F)(F)F)cc1F. The van der Waals surface area contributed by atoms with Gasteiger partial charge in [0.15, 0.2) is 6.61 Å². The van der Waals surface area contributed by atoms with Gasteiger partial charge in [-0.15, -0.1) is 11.3 Å². The van der Waals surface area contributed by atoms with Crippen molar-refractivity contribution in [3.8, 4) is 17.6 Å². The lowest BCUT2D eigenvalue weighted by molar-refractivity contribution is -0.153. The van der Waals surface area contributed by atoms with Crippen LogP contribution in [0.3, 0.4) is 0 Å². The van der Waals surface area contributed by atoms with Crippen LogP contribution in [0.25, 0.3) is 10.1 Å². The summed E-state index contributed by atoms with van der Waals surface area (Å²) in [5.74, 6) is 3.07. The number of rotatable bonds is 8. The van der Waals surface area contributed by atoms with E-state index in [1.165, 1.54) is 7.05 Å². The molecule has 42 heavy (non-hydrogen) atoms. The van der Waals surface area contributed by atoms with Crippen molar-refractivity contribution < 1.29 is 45.0 Å². The Morgan fingerprint density at radius 3 is 2.50 bits per heavy atom. The molecule has 0 atom stereocenters. The minimum Gasteiger partial charge on any atom is -0.482 e. The number of alkyl halides is 6. The summed E-state index contributed by atoms with van der Waals surface area (Å²) in [5.41, 5.74) is -0.0370. The Hall–Kier alpha value is -3.70. The van der Waals surface area contributed by atoms with E-state index in [0.717, 1.165) is 36.3 Å². The van der Waals surface area contributed by atoms with E-state index in [0.29, 0.717) is 29.0 Å². The molecule has 0 bridgehead atoms. The minimum absolute atomic E-state index is 0.0146. The van der Waals surface area contributed by atoms with Crippen LogP contribution in [0.2, 0.25) is 0 Å². The quantitative estimate of drug-likeness (QED) is 0.199. The average Bonchev–Trinajstić information content (AvgIpc) is 3.26. The molecule has 1 fully saturated rings. The molecule has 3 N–H and O–H groups in total. The summed E-state index contributed by atoms with van der Waals surface area (Å²) in [4.78, 5) is 12.1. The third kappa shape index (κ3) is 8.19. The Morgan fingerprint density at radius 1 is 1.10 bits per heavy atom. The first-order valence-corrected chi connectivity index (χ1v) is 13.6. The molecular formula is C28H26F7N3O3S. The van der Waals surface area contributed by atoms with Crippen molar-refractivity contribution in [3.05, 3.63) is 52.2 Å². The van der Waals surface area contributed by atoms with E-state index in [1.807, 2.05) is 0 Å². The van der Waals surface area contributed by atoms with E-state index in [2.05, 4.69) is 27.8 Å². The average molecular weight is 618 g/mol. The molecule has 3 aromatic rings. The summed E-state index contributed by atoms with van der Waals surface area (Å²) in [6.07, 6.45) is -8.88. The van der Waals surface area contributed by atoms with Gasteiger partial charge in [0.2, 0.25) is 0 Å². The van der Waals surface area contributed by atoms with Crippen molar-refractivity contribution in [1.29, 1.82) is 0 Å². The Labute approximate surface area is 240 Å². The molecule has 0 radical (unpaired) electrons. The monoisotopic (exact) mass is 617 g/mol. The van der Waals surface area contributed by atoms with Crippen LogP contribution >= 0.6 is 11.3 Å². The molecule has 1 aliphatic heterocycles. The van der Waals surface area contributed by atoms with E-state index in [4.69, 9.17) is 9.47 Å². The number of ether oxygens (including phenoxy) is 2. The number of amides is 1. The van der Waals surface area contributed by atoms with E-state index in [1.54, 1.807) is 18.2 Å². The maximum absolute atomic E-state index is 14.5. The second-order valence-corrected chi connectivity index (χ2v) is 10.4. The zero-order valence-corrected chi connectivity index (χ0v) is 23.0. The summed E-state index contributed by atoms with van der Waals surface area (Å²) in [6.45, 7) is -0.794. The fourth-order valence-corrected chi connectivity index (χ4v) is 5.54. The van der Waals surface area contributed by atoms with Gasteiger partial charge in [-0.1, -0.05) is 24.0 Å². The van der Waals surface area contributed by atoms with Gasteiger partial charge in [0.25, 0.3) is 5.91 Å². The molecule has 6 nitrogen and oxygen atoms in total. The van der Waals surface area contributed by atoms with E-state index in [-0.39, 0.29) is 28.7 Å². The predicted octanol–water partition coefficient (Wildman–Crippen LogP) is 6.50. The third-order valence-electron chi connectivity index (χ3n) is 6.28. The molecular weight excluding hydrogens is 591 g/mol. The van der Waals surface area contributed by atoms with Crippen LogP contribution in [-0.2, 0) is 11.2 Å². The van der Waals surface area contributed by atoms with Crippen molar-refractivity contribution in [2.24, 2.45) is 0 Å². The molecule has 0 aliphatic carbocycles. The lowest BCUT2D eigenvalue weighted by Crippen LogP contribution is -2.27. The predicted molar refractivity (Wildman–Crippen MR) is 146 cm³/mol. The Balaban J connectivity index is 1.61. The molecule has 2 aromatic carbocycles. The van der Waals surface area contributed by atoms with Gasteiger partial charge in [-0.2, -0.15) is 26.3 Å². The number of carbonyl (C=O) groups excluding carboxylic acids is 1. The second-order valence-electron chi connectivity index (χ2n) is 9.38. The molecule has 226 valence electrons. The van der Waals surface area contributed by atoms with Crippen molar-refractivity contribution in [3.63, 3.8) is 0 Å². The third-order valence-corrected chi connectivity index (χ3v) is 7.47. The highest BCUT2D eigenvalue weighted by Crippen LogP contribution is 2.39. The highest BCUT2D eigenvalue weighted by molar-refractivity contribution is 7.20. The van der Waals surface area contributed by atoms with Crippen LogP contribution in [0.1, 0.15) is 33.6 Å². The highest BCUT2D eigenvalue weighted by atomic mass is 32.1. The number of hydrogen-bond donors (Lipinski definition) is 3. The van der Waals surface area contributed by atoms with Gasteiger partial charge in [-0.05, 0) is 35.9 Å². The van der Waals surface area contributed by atoms with Crippen LogP contribution in [0.5, 0.6) is 5.75 Å². The van der Waals surface area contributed by atoms with E-state index >= 15 is 0 Å². The van der Waals surface area contributed by atoms with E-state index < -0.39 is 48.4 Å². The van der Waals surface area contributed by atoms with Crippen LogP contribution in [-0.4, -0.2) is 57.7 Å². The molecule has 1 aliphatic rings. The second kappa shape index (κ2) is 13.1. The van der Waals surface area contributed by atoms with Gasteiger partial charge in [-0.3, -0.25) is 4.79 Å². The van der Waals surface area contributed by atoms with Crippen LogP contribution < -0.4 is 20.7 Å². The maximum Gasteiger partial charge on any atom is 0.422 e. The van der Waals surface area contributed by atoms with Gasteiger partial charge in [0.05, 0.1) is 39.5 Å². The first-order chi connectivity index (χ1) is 19.8. The van der Waals surface area contributed by atoms with Crippen molar-refractivity contribution in [1.82, 2.24) is 5.32 Å². The number of benzene rings is 2. The lowest BCUT2D eigenvalue weighted by Gasteiger charge is -2.24. The van der Waals surface area contributed by atoms with Crippen molar-refractivity contribution in [2.75, 3.05) is 44.0 Å². The summed E-state index contributed by atoms with van der Waals surface area (Å²) in [7, 11) is 1.23. The minimum atomic E-state index is -4.70. The highest BCUT2D eigenvalue weighted by Gasteiger charge is 2.32. The molecule has 4 rings (SSSR count). The van der Waals surface area contributed by atoms with Crippen molar-refractivity contribution in [2.45, 2.75) is 37.7 Å². The van der Waals surface area contributed by atoms with Crippen LogP contribution in [0.15, 0.2) is 30.3 Å². The standard InChI is InChI=1S/C28H26F7N3O3S/c1-36-26(39)18-12-23(41-15-28(33,34)35)22(13-20(18)29)37-9-3-6-24-19(14-27(30,31)32)17-4-2-5-21(25(17)42-24)38-16-7-10-40-11-8-16/h2,4-5,12-13,16,37-38H,7-11,14-15H2,1H3,(H,36,39). The summed E-state index contributed by atoms with van der Waals surface area (Å²) >= 11 is 1.10. The number of carbonyl (C=O) groups is 1. The number of thiophene rings is 1. The molecule has 0 saturated carbocycles. The molecule has 1 saturated heterocycles. The van der Waals surface area contributed by atoms with E-state index in [9.17, 15) is 35.5 Å².